The molecule has 1 aliphatic heterocycles. The Morgan fingerprint density at radius 1 is 1.25 bits per heavy atom. The van der Waals surface area contributed by atoms with Gasteiger partial charge < -0.3 is 20.6 Å². The molecule has 1 saturated heterocycles. The number of nitrogens with zero attached hydrogens (tertiary/aromatic N) is 1. The average Bonchev–Trinajstić information content (AvgIpc) is 2.44. The normalized spacial score (nSPS) is 17.4. The van der Waals surface area contributed by atoms with Gasteiger partial charge in [0, 0.05) is 13.1 Å². The number of carbonyl (C=O) groups is 2. The fourth-order valence-corrected chi connectivity index (χ4v) is 2.39. The van der Waals surface area contributed by atoms with Gasteiger partial charge in [-0.1, -0.05) is 26.2 Å². The first-order valence-electron chi connectivity index (χ1n) is 7.63. The zero-order valence-corrected chi connectivity index (χ0v) is 12.4. The van der Waals surface area contributed by atoms with Crippen molar-refractivity contribution < 1.29 is 14.7 Å². The van der Waals surface area contributed by atoms with Crippen LogP contribution in [0.2, 0.25) is 0 Å². The average molecular weight is 285 g/mol. The third kappa shape index (κ3) is 6.75. The molecule has 0 spiro atoms. The predicted octanol–water partition coefficient (Wildman–Crippen LogP) is 1.41. The molecule has 0 aliphatic carbocycles. The van der Waals surface area contributed by atoms with Crippen molar-refractivity contribution in [3.63, 3.8) is 0 Å². The topological polar surface area (TPSA) is 81.7 Å². The maximum Gasteiger partial charge on any atom is 0.326 e. The van der Waals surface area contributed by atoms with Crippen LogP contribution in [0.3, 0.4) is 0 Å². The Labute approximate surface area is 120 Å². The molecule has 1 unspecified atom stereocenters. The SMILES string of the molecule is CCCCC(NC(=O)NCCN1CCCCC1)C(=O)O. The highest BCUT2D eigenvalue weighted by molar-refractivity contribution is 5.82. The lowest BCUT2D eigenvalue weighted by Gasteiger charge is -2.26. The second kappa shape index (κ2) is 9.58. The Bertz CT molecular complexity index is 304. The van der Waals surface area contributed by atoms with E-state index in [0.29, 0.717) is 13.0 Å². The van der Waals surface area contributed by atoms with Gasteiger partial charge in [-0.25, -0.2) is 9.59 Å². The van der Waals surface area contributed by atoms with Gasteiger partial charge >= 0.3 is 12.0 Å². The molecule has 2 amide bonds. The highest BCUT2D eigenvalue weighted by Crippen LogP contribution is 2.07. The standard InChI is InChI=1S/C14H27N3O3/c1-2-3-7-12(13(18)19)16-14(20)15-8-11-17-9-5-4-6-10-17/h12H,2-11H2,1H3,(H,18,19)(H2,15,16,20). The molecule has 6 nitrogen and oxygen atoms in total. The summed E-state index contributed by atoms with van der Waals surface area (Å²) >= 11 is 0. The molecule has 1 fully saturated rings. The van der Waals surface area contributed by atoms with Crippen molar-refractivity contribution in [2.24, 2.45) is 0 Å². The quantitative estimate of drug-likeness (QED) is 0.630. The van der Waals surface area contributed by atoms with E-state index in [4.69, 9.17) is 5.11 Å². The lowest BCUT2D eigenvalue weighted by Crippen LogP contribution is -2.47. The zero-order valence-electron chi connectivity index (χ0n) is 12.4. The lowest BCUT2D eigenvalue weighted by molar-refractivity contribution is -0.139. The summed E-state index contributed by atoms with van der Waals surface area (Å²) in [5.41, 5.74) is 0. The van der Waals surface area contributed by atoms with Crippen LogP contribution in [0.15, 0.2) is 0 Å². The highest BCUT2D eigenvalue weighted by Gasteiger charge is 2.19. The largest absolute Gasteiger partial charge is 0.480 e. The smallest absolute Gasteiger partial charge is 0.326 e. The molecule has 116 valence electrons. The number of piperidine rings is 1. The molecule has 6 heteroatoms. The van der Waals surface area contributed by atoms with Gasteiger partial charge in [0.25, 0.3) is 0 Å². The fourth-order valence-electron chi connectivity index (χ4n) is 2.39. The number of carboxylic acid groups (broad SMARTS) is 1. The molecule has 0 radical (unpaired) electrons. The van der Waals surface area contributed by atoms with Crippen LogP contribution >= 0.6 is 0 Å². The number of hydrogen-bond donors (Lipinski definition) is 3. The van der Waals surface area contributed by atoms with E-state index in [0.717, 1.165) is 32.5 Å². The first-order valence-corrected chi connectivity index (χ1v) is 7.63. The van der Waals surface area contributed by atoms with Crippen molar-refractivity contribution in [3.05, 3.63) is 0 Å². The molecule has 0 saturated carbocycles. The van der Waals surface area contributed by atoms with Crippen LogP contribution in [0.25, 0.3) is 0 Å². The van der Waals surface area contributed by atoms with E-state index in [1.54, 1.807) is 0 Å². The van der Waals surface area contributed by atoms with Crippen LogP contribution in [-0.2, 0) is 4.79 Å². The lowest BCUT2D eigenvalue weighted by atomic mass is 10.1. The van der Waals surface area contributed by atoms with Crippen molar-refractivity contribution in [1.29, 1.82) is 0 Å². The fraction of sp³-hybridized carbons (Fsp3) is 0.857. The minimum absolute atomic E-state index is 0.384. The van der Waals surface area contributed by atoms with Crippen LogP contribution in [0.4, 0.5) is 4.79 Å². The Hall–Kier alpha value is -1.30. The monoisotopic (exact) mass is 285 g/mol. The molecule has 20 heavy (non-hydrogen) atoms. The molecule has 0 bridgehead atoms. The molecule has 0 aromatic rings. The number of rotatable bonds is 8. The Kier molecular flexibility index (Phi) is 8.02. The van der Waals surface area contributed by atoms with Crippen LogP contribution in [0, 0.1) is 0 Å². The molecule has 0 aromatic carbocycles. The van der Waals surface area contributed by atoms with Gasteiger partial charge in [-0.2, -0.15) is 0 Å². The van der Waals surface area contributed by atoms with Crippen molar-refractivity contribution >= 4 is 12.0 Å². The van der Waals surface area contributed by atoms with Gasteiger partial charge in [0.15, 0.2) is 0 Å². The molecule has 1 rings (SSSR count). The van der Waals surface area contributed by atoms with Crippen LogP contribution in [0.1, 0.15) is 45.4 Å². The number of unbranched alkanes of at least 4 members (excludes halogenated alkanes) is 1. The summed E-state index contributed by atoms with van der Waals surface area (Å²) in [5, 5.41) is 14.3. The molecule has 3 N–H and O–H groups in total. The molecule has 1 aliphatic rings. The first-order chi connectivity index (χ1) is 9.63. The Balaban J connectivity index is 2.18. The van der Waals surface area contributed by atoms with E-state index in [9.17, 15) is 9.59 Å². The van der Waals surface area contributed by atoms with E-state index >= 15 is 0 Å². The van der Waals surface area contributed by atoms with E-state index in [2.05, 4.69) is 15.5 Å². The number of hydrogen-bond acceptors (Lipinski definition) is 3. The van der Waals surface area contributed by atoms with Crippen molar-refractivity contribution in [3.8, 4) is 0 Å². The van der Waals surface area contributed by atoms with Crippen molar-refractivity contribution in [2.45, 2.75) is 51.5 Å². The maximum absolute atomic E-state index is 11.7. The number of nitrogens with one attached hydrogen (secondary N) is 2. The zero-order chi connectivity index (χ0) is 14.8. The minimum atomic E-state index is -0.968. The van der Waals surface area contributed by atoms with Gasteiger partial charge in [-0.3, -0.25) is 0 Å². The van der Waals surface area contributed by atoms with E-state index < -0.39 is 12.0 Å². The summed E-state index contributed by atoms with van der Waals surface area (Å²) in [4.78, 5) is 25.0. The summed E-state index contributed by atoms with van der Waals surface area (Å²) in [5.74, 6) is -0.968. The van der Waals surface area contributed by atoms with Gasteiger partial charge in [0.1, 0.15) is 6.04 Å². The molecule has 0 aromatic heterocycles. The van der Waals surface area contributed by atoms with Crippen LogP contribution < -0.4 is 10.6 Å². The van der Waals surface area contributed by atoms with E-state index in [1.807, 2.05) is 6.92 Å². The number of aliphatic carboxylic acids is 1. The van der Waals surface area contributed by atoms with Crippen molar-refractivity contribution in [1.82, 2.24) is 15.5 Å². The van der Waals surface area contributed by atoms with Gasteiger partial charge in [-0.15, -0.1) is 0 Å². The number of likely N-dealkylation sites (tertiary alicyclic amines) is 1. The predicted molar refractivity (Wildman–Crippen MR) is 77.8 cm³/mol. The summed E-state index contributed by atoms with van der Waals surface area (Å²) in [6, 6.07) is -1.17. The number of carboxylic acids is 1. The first kappa shape index (κ1) is 16.8. The summed E-state index contributed by atoms with van der Waals surface area (Å²) in [6.07, 6.45) is 5.94. The number of carbonyl (C=O) groups excluding carboxylic acids is 1. The van der Waals surface area contributed by atoms with Gasteiger partial charge in [-0.05, 0) is 32.4 Å². The summed E-state index contributed by atoms with van der Waals surface area (Å²) < 4.78 is 0. The third-order valence-electron chi connectivity index (χ3n) is 3.61. The van der Waals surface area contributed by atoms with Gasteiger partial charge in [0.2, 0.25) is 0 Å². The van der Waals surface area contributed by atoms with Crippen molar-refractivity contribution in [2.75, 3.05) is 26.2 Å². The molecule has 1 heterocycles. The maximum atomic E-state index is 11.7. The molecular formula is C14H27N3O3. The highest BCUT2D eigenvalue weighted by atomic mass is 16.4. The number of urea groups is 1. The Morgan fingerprint density at radius 3 is 2.55 bits per heavy atom. The molecule has 1 atom stereocenters. The third-order valence-corrected chi connectivity index (χ3v) is 3.61. The molecular weight excluding hydrogens is 258 g/mol. The van der Waals surface area contributed by atoms with E-state index in [1.165, 1.54) is 19.3 Å². The second-order valence-electron chi connectivity index (χ2n) is 5.34. The van der Waals surface area contributed by atoms with Crippen LogP contribution in [-0.4, -0.2) is 54.2 Å². The second-order valence-corrected chi connectivity index (χ2v) is 5.34. The van der Waals surface area contributed by atoms with Crippen LogP contribution in [0.5, 0.6) is 0 Å². The minimum Gasteiger partial charge on any atom is -0.480 e. The van der Waals surface area contributed by atoms with E-state index in [-0.39, 0.29) is 6.03 Å². The summed E-state index contributed by atoms with van der Waals surface area (Å²) in [7, 11) is 0. The summed E-state index contributed by atoms with van der Waals surface area (Å²) in [6.45, 7) is 5.58. The number of amides is 2. The van der Waals surface area contributed by atoms with Gasteiger partial charge in [0.05, 0.1) is 0 Å². The Morgan fingerprint density at radius 2 is 1.95 bits per heavy atom.